The van der Waals surface area contributed by atoms with Gasteiger partial charge in [-0.05, 0) is 36.9 Å². The zero-order valence-corrected chi connectivity index (χ0v) is 17.0. The van der Waals surface area contributed by atoms with E-state index in [0.29, 0.717) is 35.7 Å². The number of likely N-dealkylation sites (N-methyl/N-ethyl adjacent to an activating group) is 1. The average molecular weight is 418 g/mol. The first-order valence-corrected chi connectivity index (χ1v) is 9.87. The zero-order chi connectivity index (χ0) is 21.8. The maximum atomic E-state index is 12.4. The van der Waals surface area contributed by atoms with E-state index in [1.54, 1.807) is 36.4 Å². The third-order valence-electron chi connectivity index (χ3n) is 5.13. The topological polar surface area (TPSA) is 116 Å². The number of carbonyl (C=O) groups is 1. The summed E-state index contributed by atoms with van der Waals surface area (Å²) in [4.78, 5) is 18.8. The highest BCUT2D eigenvalue weighted by Gasteiger charge is 2.19. The second-order valence-corrected chi connectivity index (χ2v) is 7.35. The Hall–Kier alpha value is -3.74. The van der Waals surface area contributed by atoms with E-state index in [1.165, 1.54) is 17.1 Å². The molecule has 1 amide bonds. The maximum absolute atomic E-state index is 12.4. The van der Waals surface area contributed by atoms with Crippen LogP contribution in [0.25, 0.3) is 16.9 Å². The molecule has 9 nitrogen and oxygen atoms in total. The number of nitrogens with zero attached hydrogens (tertiary/aromatic N) is 5. The molecule has 3 heterocycles. The quantitative estimate of drug-likeness (QED) is 0.646. The third kappa shape index (κ3) is 4.55. The first-order valence-electron chi connectivity index (χ1n) is 9.87. The molecule has 1 atom stereocenters. The minimum absolute atomic E-state index is 0.0309. The largest absolute Gasteiger partial charge is 0.493 e. The average Bonchev–Trinajstić information content (AvgIpc) is 3.19. The monoisotopic (exact) mass is 418 g/mol. The van der Waals surface area contributed by atoms with Gasteiger partial charge in [-0.3, -0.25) is 4.79 Å². The molecule has 158 valence electrons. The van der Waals surface area contributed by atoms with E-state index >= 15 is 0 Å². The highest BCUT2D eigenvalue weighted by molar-refractivity contribution is 5.93. The van der Waals surface area contributed by atoms with Crippen LogP contribution in [0, 0.1) is 11.3 Å². The van der Waals surface area contributed by atoms with Crippen molar-refractivity contribution in [3.63, 3.8) is 0 Å². The minimum Gasteiger partial charge on any atom is -0.493 e. The van der Waals surface area contributed by atoms with E-state index in [9.17, 15) is 9.90 Å². The number of pyridine rings is 1. The fourth-order valence-electron chi connectivity index (χ4n) is 3.38. The molecule has 0 spiro atoms. The van der Waals surface area contributed by atoms with Crippen molar-refractivity contribution in [3.05, 3.63) is 59.9 Å². The van der Waals surface area contributed by atoms with Gasteiger partial charge in [-0.25, -0.2) is 4.98 Å². The molecule has 0 aliphatic carbocycles. The molecule has 0 bridgehead atoms. The number of benzene rings is 1. The van der Waals surface area contributed by atoms with Crippen LogP contribution in [0.4, 0.5) is 0 Å². The molecular formula is C22H22N6O3. The van der Waals surface area contributed by atoms with Crippen molar-refractivity contribution in [1.29, 1.82) is 5.26 Å². The van der Waals surface area contributed by atoms with Gasteiger partial charge in [0.2, 0.25) is 5.88 Å². The Labute approximate surface area is 179 Å². The van der Waals surface area contributed by atoms with Gasteiger partial charge in [-0.15, -0.1) is 0 Å². The van der Waals surface area contributed by atoms with Crippen LogP contribution in [0.2, 0.25) is 0 Å². The van der Waals surface area contributed by atoms with Gasteiger partial charge in [0.25, 0.3) is 5.91 Å². The second-order valence-electron chi connectivity index (χ2n) is 7.35. The van der Waals surface area contributed by atoms with Gasteiger partial charge in [-0.1, -0.05) is 12.1 Å². The van der Waals surface area contributed by atoms with Crippen molar-refractivity contribution < 1.29 is 14.6 Å². The van der Waals surface area contributed by atoms with Crippen LogP contribution in [0.3, 0.4) is 0 Å². The summed E-state index contributed by atoms with van der Waals surface area (Å²) in [6.45, 7) is 2.75. The van der Waals surface area contributed by atoms with Crippen LogP contribution < -0.4 is 5.32 Å². The number of ether oxygens (including phenoxy) is 1. The molecule has 0 saturated carbocycles. The number of nitrogens with one attached hydrogen (secondary N) is 1. The van der Waals surface area contributed by atoms with Gasteiger partial charge in [-0.2, -0.15) is 15.0 Å². The first-order chi connectivity index (χ1) is 15.0. The van der Waals surface area contributed by atoms with Gasteiger partial charge in [0.15, 0.2) is 5.82 Å². The van der Waals surface area contributed by atoms with E-state index in [1.807, 2.05) is 7.05 Å². The molecule has 2 aromatic heterocycles. The Balaban J connectivity index is 1.44. The molecule has 4 rings (SSSR count). The number of hydrogen-bond acceptors (Lipinski definition) is 7. The molecule has 2 N–H and O–H groups in total. The summed E-state index contributed by atoms with van der Waals surface area (Å²) in [6.07, 6.45) is 2.94. The van der Waals surface area contributed by atoms with E-state index in [-0.39, 0.29) is 17.9 Å². The zero-order valence-electron chi connectivity index (χ0n) is 17.0. The number of aromatic nitrogens is 3. The molecule has 1 aliphatic heterocycles. The molecular weight excluding hydrogens is 396 g/mol. The third-order valence-corrected chi connectivity index (χ3v) is 5.13. The fourth-order valence-corrected chi connectivity index (χ4v) is 3.38. The van der Waals surface area contributed by atoms with Gasteiger partial charge >= 0.3 is 0 Å². The highest BCUT2D eigenvalue weighted by atomic mass is 16.5. The lowest BCUT2D eigenvalue weighted by molar-refractivity contribution is -0.0175. The van der Waals surface area contributed by atoms with E-state index in [0.717, 1.165) is 18.7 Å². The molecule has 1 fully saturated rings. The molecule has 3 aromatic rings. The number of rotatable bonds is 5. The summed E-state index contributed by atoms with van der Waals surface area (Å²) in [7, 11) is 2.03. The molecule has 1 saturated heterocycles. The summed E-state index contributed by atoms with van der Waals surface area (Å²) in [5.41, 5.74) is 2.19. The summed E-state index contributed by atoms with van der Waals surface area (Å²) < 4.78 is 6.94. The number of amides is 1. The van der Waals surface area contributed by atoms with Crippen LogP contribution in [0.5, 0.6) is 5.88 Å². The smallest absolute Gasteiger partial charge is 0.252 e. The van der Waals surface area contributed by atoms with Crippen molar-refractivity contribution in [2.45, 2.75) is 6.10 Å². The molecule has 31 heavy (non-hydrogen) atoms. The lowest BCUT2D eigenvalue weighted by atomic mass is 10.1. The van der Waals surface area contributed by atoms with Gasteiger partial charge < -0.3 is 20.1 Å². The number of carbonyl (C=O) groups excluding carboxylic acids is 1. The number of nitriles is 1. The minimum atomic E-state index is -0.237. The summed E-state index contributed by atoms with van der Waals surface area (Å²) in [5, 5.41) is 26.6. The number of morpholine rings is 1. The first kappa shape index (κ1) is 20.5. The van der Waals surface area contributed by atoms with Crippen molar-refractivity contribution >= 4 is 5.91 Å². The van der Waals surface area contributed by atoms with Gasteiger partial charge in [0.1, 0.15) is 0 Å². The van der Waals surface area contributed by atoms with Gasteiger partial charge in [0.05, 0.1) is 41.7 Å². The molecule has 1 aromatic carbocycles. The Morgan fingerprint density at radius 3 is 2.77 bits per heavy atom. The van der Waals surface area contributed by atoms with Crippen LogP contribution in [0.15, 0.2) is 48.8 Å². The standard InChI is InChI=1S/C22H22N6O3/c1-27-8-9-31-18(14-27)12-25-21(29)17-6-7-20(24-11-17)28-22(30)19(13-26-28)16-4-2-15(10-23)3-5-16/h2-7,11,13,18,30H,8-9,12,14H2,1H3,(H,25,29). The van der Waals surface area contributed by atoms with Crippen molar-refractivity contribution in [3.8, 4) is 28.9 Å². The molecule has 1 aliphatic rings. The van der Waals surface area contributed by atoms with Crippen LogP contribution >= 0.6 is 0 Å². The predicted octanol–water partition coefficient (Wildman–Crippen LogP) is 1.57. The molecule has 1 unspecified atom stereocenters. The highest BCUT2D eigenvalue weighted by Crippen LogP contribution is 2.30. The Morgan fingerprint density at radius 1 is 1.29 bits per heavy atom. The lowest BCUT2D eigenvalue weighted by Crippen LogP contribution is -2.45. The van der Waals surface area contributed by atoms with E-state index in [2.05, 4.69) is 26.4 Å². The van der Waals surface area contributed by atoms with E-state index in [4.69, 9.17) is 10.00 Å². The maximum Gasteiger partial charge on any atom is 0.252 e. The predicted molar refractivity (Wildman–Crippen MR) is 113 cm³/mol. The van der Waals surface area contributed by atoms with Crippen molar-refractivity contribution in [1.82, 2.24) is 25.0 Å². The van der Waals surface area contributed by atoms with Crippen LogP contribution in [-0.2, 0) is 4.74 Å². The molecule has 9 heteroatoms. The summed E-state index contributed by atoms with van der Waals surface area (Å²) in [5.74, 6) is 0.0676. The van der Waals surface area contributed by atoms with Crippen LogP contribution in [0.1, 0.15) is 15.9 Å². The fraction of sp³-hybridized carbons (Fsp3) is 0.273. The SMILES string of the molecule is CN1CCOC(CNC(=O)c2ccc(-n3ncc(-c4ccc(C#N)cc4)c3O)nc2)C1. The van der Waals surface area contributed by atoms with Crippen molar-refractivity contribution in [2.24, 2.45) is 0 Å². The van der Waals surface area contributed by atoms with Crippen molar-refractivity contribution in [2.75, 3.05) is 33.3 Å². The van der Waals surface area contributed by atoms with Gasteiger partial charge in [0, 0.05) is 25.8 Å². The second kappa shape index (κ2) is 8.95. The number of hydrogen-bond donors (Lipinski definition) is 2. The Morgan fingerprint density at radius 2 is 2.10 bits per heavy atom. The lowest BCUT2D eigenvalue weighted by Gasteiger charge is -2.30. The molecule has 0 radical (unpaired) electrons. The van der Waals surface area contributed by atoms with E-state index < -0.39 is 0 Å². The van der Waals surface area contributed by atoms with Crippen LogP contribution in [-0.4, -0.2) is 70.1 Å². The normalized spacial score (nSPS) is 16.6. The number of aromatic hydroxyl groups is 1. The summed E-state index contributed by atoms with van der Waals surface area (Å²) in [6, 6.07) is 12.2. The Bertz CT molecular complexity index is 1100. The summed E-state index contributed by atoms with van der Waals surface area (Å²) >= 11 is 0. The Kier molecular flexibility index (Phi) is 5.93.